The van der Waals surface area contributed by atoms with E-state index in [4.69, 9.17) is 10.00 Å². The molecule has 90 valence electrons. The van der Waals surface area contributed by atoms with Gasteiger partial charge in [-0.15, -0.1) is 0 Å². The van der Waals surface area contributed by atoms with Crippen LogP contribution >= 0.6 is 0 Å². The molecule has 0 fully saturated rings. The maximum absolute atomic E-state index is 10.2. The Balaban J connectivity index is 2.12. The van der Waals surface area contributed by atoms with E-state index in [1.165, 1.54) is 0 Å². The van der Waals surface area contributed by atoms with Crippen molar-refractivity contribution >= 4 is 0 Å². The molecule has 0 saturated heterocycles. The molecule has 0 aromatic heterocycles. The SMILES string of the molecule is COc1cccc2c1C[C@H](CCCC#N)[C@@H]2O. The fourth-order valence-electron chi connectivity index (χ4n) is 2.60. The van der Waals surface area contributed by atoms with Gasteiger partial charge < -0.3 is 9.84 Å². The van der Waals surface area contributed by atoms with Gasteiger partial charge >= 0.3 is 0 Å². The molecule has 0 saturated carbocycles. The molecule has 0 amide bonds. The van der Waals surface area contributed by atoms with E-state index < -0.39 is 6.10 Å². The van der Waals surface area contributed by atoms with Gasteiger partial charge in [-0.25, -0.2) is 0 Å². The molecule has 1 aromatic carbocycles. The first kappa shape index (κ1) is 11.9. The second-order valence-electron chi connectivity index (χ2n) is 4.49. The number of ether oxygens (including phenoxy) is 1. The van der Waals surface area contributed by atoms with Gasteiger partial charge in [0.2, 0.25) is 0 Å². The summed E-state index contributed by atoms with van der Waals surface area (Å²) in [5.74, 6) is 1.10. The number of rotatable bonds is 4. The quantitative estimate of drug-likeness (QED) is 0.810. The number of unbranched alkanes of at least 4 members (excludes halogenated alkanes) is 1. The van der Waals surface area contributed by atoms with E-state index in [-0.39, 0.29) is 5.92 Å². The Morgan fingerprint density at radius 3 is 3.06 bits per heavy atom. The van der Waals surface area contributed by atoms with Gasteiger partial charge in [-0.2, -0.15) is 5.26 Å². The number of aliphatic hydroxyl groups is 1. The number of nitrogens with zero attached hydrogens (tertiary/aromatic N) is 1. The summed E-state index contributed by atoms with van der Waals surface area (Å²) in [4.78, 5) is 0. The van der Waals surface area contributed by atoms with Gasteiger partial charge in [-0.05, 0) is 36.8 Å². The van der Waals surface area contributed by atoms with E-state index in [1.54, 1.807) is 7.11 Å². The van der Waals surface area contributed by atoms with Crippen molar-refractivity contribution in [3.63, 3.8) is 0 Å². The van der Waals surface area contributed by atoms with Crippen LogP contribution in [0.4, 0.5) is 0 Å². The number of fused-ring (bicyclic) bond motifs is 1. The fourth-order valence-corrected chi connectivity index (χ4v) is 2.60. The molecule has 1 N–H and O–H groups in total. The van der Waals surface area contributed by atoms with Crippen LogP contribution in [0.5, 0.6) is 5.75 Å². The van der Waals surface area contributed by atoms with Crippen molar-refractivity contribution in [2.45, 2.75) is 31.8 Å². The molecule has 0 radical (unpaired) electrons. The van der Waals surface area contributed by atoms with Crippen LogP contribution in [-0.4, -0.2) is 12.2 Å². The standard InChI is InChI=1S/C14H17NO2/c1-17-13-7-4-6-11-12(13)9-10(14(11)16)5-2-3-8-15/h4,6-7,10,14,16H,2-3,5,9H2,1H3/t10-,14-/m0/s1. The molecule has 1 aliphatic carbocycles. The predicted molar refractivity (Wildman–Crippen MR) is 64.6 cm³/mol. The van der Waals surface area contributed by atoms with Gasteiger partial charge in [0, 0.05) is 12.0 Å². The van der Waals surface area contributed by atoms with Crippen molar-refractivity contribution in [3.8, 4) is 11.8 Å². The Morgan fingerprint density at radius 1 is 1.53 bits per heavy atom. The van der Waals surface area contributed by atoms with E-state index >= 15 is 0 Å². The zero-order valence-corrected chi connectivity index (χ0v) is 10.0. The normalized spacial score (nSPS) is 21.9. The lowest BCUT2D eigenvalue weighted by molar-refractivity contribution is 0.117. The summed E-state index contributed by atoms with van der Waals surface area (Å²) in [7, 11) is 1.66. The molecule has 1 aliphatic rings. The highest BCUT2D eigenvalue weighted by molar-refractivity contribution is 5.45. The minimum absolute atomic E-state index is 0.231. The fraction of sp³-hybridized carbons (Fsp3) is 0.500. The molecule has 2 rings (SSSR count). The highest BCUT2D eigenvalue weighted by Gasteiger charge is 2.32. The topological polar surface area (TPSA) is 53.2 Å². The summed E-state index contributed by atoms with van der Waals surface area (Å²) < 4.78 is 5.32. The molecule has 3 nitrogen and oxygen atoms in total. The third kappa shape index (κ3) is 2.27. The van der Waals surface area contributed by atoms with Crippen LogP contribution in [0.15, 0.2) is 18.2 Å². The second kappa shape index (κ2) is 5.20. The third-order valence-corrected chi connectivity index (χ3v) is 3.48. The van der Waals surface area contributed by atoms with Crippen molar-refractivity contribution in [2.75, 3.05) is 7.11 Å². The number of nitriles is 1. The summed E-state index contributed by atoms with van der Waals surface area (Å²) in [5.41, 5.74) is 2.12. The molecule has 17 heavy (non-hydrogen) atoms. The monoisotopic (exact) mass is 231 g/mol. The van der Waals surface area contributed by atoms with Gasteiger partial charge in [0.15, 0.2) is 0 Å². The van der Waals surface area contributed by atoms with Gasteiger partial charge in [0.25, 0.3) is 0 Å². The van der Waals surface area contributed by atoms with Crippen molar-refractivity contribution < 1.29 is 9.84 Å². The number of hydrogen-bond acceptors (Lipinski definition) is 3. The molecule has 0 bridgehead atoms. The zero-order valence-electron chi connectivity index (χ0n) is 10.0. The van der Waals surface area contributed by atoms with Crippen LogP contribution < -0.4 is 4.74 Å². The second-order valence-corrected chi connectivity index (χ2v) is 4.49. The number of methoxy groups -OCH3 is 1. The molecular weight excluding hydrogens is 214 g/mol. The molecular formula is C14H17NO2. The van der Waals surface area contributed by atoms with Gasteiger partial charge in [0.05, 0.1) is 19.3 Å². The van der Waals surface area contributed by atoms with E-state index in [1.807, 2.05) is 18.2 Å². The lowest BCUT2D eigenvalue weighted by Gasteiger charge is -2.13. The predicted octanol–water partition coefficient (Wildman–Crippen LogP) is 2.59. The Bertz CT molecular complexity index is 436. The molecule has 3 heteroatoms. The lowest BCUT2D eigenvalue weighted by atomic mass is 9.97. The third-order valence-electron chi connectivity index (χ3n) is 3.48. The minimum atomic E-state index is -0.404. The summed E-state index contributed by atoms with van der Waals surface area (Å²) >= 11 is 0. The number of hydrogen-bond donors (Lipinski definition) is 1. The zero-order chi connectivity index (χ0) is 12.3. The smallest absolute Gasteiger partial charge is 0.122 e. The van der Waals surface area contributed by atoms with Gasteiger partial charge in [-0.1, -0.05) is 12.1 Å². The van der Waals surface area contributed by atoms with Crippen molar-refractivity contribution in [2.24, 2.45) is 5.92 Å². The first-order chi connectivity index (χ1) is 8.27. The molecule has 0 spiro atoms. The van der Waals surface area contributed by atoms with Crippen LogP contribution in [0, 0.1) is 17.2 Å². The van der Waals surface area contributed by atoms with Crippen molar-refractivity contribution in [1.82, 2.24) is 0 Å². The van der Waals surface area contributed by atoms with E-state index in [0.29, 0.717) is 6.42 Å². The molecule has 2 atom stereocenters. The van der Waals surface area contributed by atoms with Crippen LogP contribution in [0.1, 0.15) is 36.5 Å². The van der Waals surface area contributed by atoms with Crippen LogP contribution in [-0.2, 0) is 6.42 Å². The average molecular weight is 231 g/mol. The van der Waals surface area contributed by atoms with Gasteiger partial charge in [0.1, 0.15) is 5.75 Å². The Labute approximate surface area is 102 Å². The summed E-state index contributed by atoms with van der Waals surface area (Å²) in [6.45, 7) is 0. The van der Waals surface area contributed by atoms with Crippen molar-refractivity contribution in [1.29, 1.82) is 5.26 Å². The highest BCUT2D eigenvalue weighted by Crippen LogP contribution is 2.42. The molecule has 0 aliphatic heterocycles. The molecule has 0 unspecified atom stereocenters. The summed E-state index contributed by atoms with van der Waals surface area (Å²) in [6, 6.07) is 7.96. The van der Waals surface area contributed by atoms with E-state index in [9.17, 15) is 5.11 Å². The largest absolute Gasteiger partial charge is 0.496 e. The minimum Gasteiger partial charge on any atom is -0.496 e. The van der Waals surface area contributed by atoms with Crippen LogP contribution in [0.2, 0.25) is 0 Å². The van der Waals surface area contributed by atoms with E-state index in [2.05, 4.69) is 6.07 Å². The van der Waals surface area contributed by atoms with Crippen LogP contribution in [0.3, 0.4) is 0 Å². The Kier molecular flexibility index (Phi) is 3.65. The first-order valence-electron chi connectivity index (χ1n) is 5.98. The van der Waals surface area contributed by atoms with Crippen LogP contribution in [0.25, 0.3) is 0 Å². The Hall–Kier alpha value is -1.53. The maximum atomic E-state index is 10.2. The van der Waals surface area contributed by atoms with E-state index in [0.717, 1.165) is 36.1 Å². The lowest BCUT2D eigenvalue weighted by Crippen LogP contribution is -2.06. The maximum Gasteiger partial charge on any atom is 0.122 e. The first-order valence-corrected chi connectivity index (χ1v) is 5.98. The number of benzene rings is 1. The summed E-state index contributed by atoms with van der Waals surface area (Å²) in [5, 5.41) is 18.8. The summed E-state index contributed by atoms with van der Waals surface area (Å²) in [6.07, 6.45) is 2.77. The number of aliphatic hydroxyl groups excluding tert-OH is 1. The highest BCUT2D eigenvalue weighted by atomic mass is 16.5. The Morgan fingerprint density at radius 2 is 2.35 bits per heavy atom. The van der Waals surface area contributed by atoms with Crippen molar-refractivity contribution in [3.05, 3.63) is 29.3 Å². The molecule has 1 aromatic rings. The molecule has 0 heterocycles. The average Bonchev–Trinajstić information content (AvgIpc) is 2.67. The van der Waals surface area contributed by atoms with Gasteiger partial charge in [-0.3, -0.25) is 0 Å².